The summed E-state index contributed by atoms with van der Waals surface area (Å²) in [4.78, 5) is 21.9. The maximum atomic E-state index is 12.2. The first-order valence-electron chi connectivity index (χ1n) is 13.4. The molecule has 2 aromatic heterocycles. The second-order valence-corrected chi connectivity index (χ2v) is 13.8. The molecule has 6 rings (SSSR count). The highest BCUT2D eigenvalue weighted by molar-refractivity contribution is 9.10. The average Bonchev–Trinajstić information content (AvgIpc) is 3.76. The van der Waals surface area contributed by atoms with Crippen molar-refractivity contribution in [2.45, 2.75) is 41.5 Å². The summed E-state index contributed by atoms with van der Waals surface area (Å²) < 4.78 is 59.4. The van der Waals surface area contributed by atoms with Crippen LogP contribution in [0.4, 0.5) is 11.4 Å². The van der Waals surface area contributed by atoms with E-state index in [1.807, 2.05) is 6.20 Å². The smallest absolute Gasteiger partial charge is 0.294 e. The van der Waals surface area contributed by atoms with Gasteiger partial charge in [0.05, 0.1) is 31.0 Å². The zero-order chi connectivity index (χ0) is 31.2. The molecule has 4 aromatic rings. The van der Waals surface area contributed by atoms with Crippen molar-refractivity contribution in [3.63, 3.8) is 0 Å². The third-order valence-electron chi connectivity index (χ3n) is 6.69. The summed E-state index contributed by atoms with van der Waals surface area (Å²) in [6, 6.07) is 15.0. The van der Waals surface area contributed by atoms with Gasteiger partial charge in [-0.2, -0.15) is 16.8 Å². The molecule has 2 aromatic carbocycles. The van der Waals surface area contributed by atoms with Crippen molar-refractivity contribution in [2.75, 3.05) is 23.3 Å². The molecule has 2 aliphatic rings. The molecule has 0 unspecified atom stereocenters. The lowest BCUT2D eigenvalue weighted by molar-refractivity contribution is -0.117. The number of piperidine rings is 1. The van der Waals surface area contributed by atoms with Crippen LogP contribution in [-0.4, -0.2) is 60.9 Å². The minimum absolute atomic E-state index is 0.0741. The highest BCUT2D eigenvalue weighted by Gasteiger charge is 2.31. The van der Waals surface area contributed by atoms with Gasteiger partial charge in [-0.15, -0.1) is 0 Å². The molecule has 1 saturated heterocycles. The number of nitrogens with one attached hydrogen (secondary N) is 2. The van der Waals surface area contributed by atoms with E-state index in [9.17, 15) is 21.6 Å². The molecule has 230 valence electrons. The number of carbonyl (C=O) groups is 1. The van der Waals surface area contributed by atoms with Crippen LogP contribution in [0.1, 0.15) is 25.7 Å². The Balaban J connectivity index is 0.000000175. The number of benzene rings is 2. The van der Waals surface area contributed by atoms with Crippen LogP contribution in [0.25, 0.3) is 11.0 Å². The first kappa shape index (κ1) is 32.6. The molecule has 1 aliphatic carbocycles. The number of rotatable bonds is 5. The molecule has 43 heavy (non-hydrogen) atoms. The van der Waals surface area contributed by atoms with Crippen LogP contribution < -0.4 is 16.0 Å². The number of anilines is 2. The fraction of sp³-hybridized carbons (Fsp3) is 0.286. The predicted octanol–water partition coefficient (Wildman–Crippen LogP) is 4.47. The number of nitrogens with two attached hydrogens (primary N) is 1. The number of nitrogens with zero attached hydrogens (tertiary/aromatic N) is 2. The molecule has 15 heteroatoms. The van der Waals surface area contributed by atoms with Crippen molar-refractivity contribution < 1.29 is 30.7 Å². The number of hydrogen-bond acceptors (Lipinski definition) is 8. The van der Waals surface area contributed by atoms with Crippen molar-refractivity contribution in [3.8, 4) is 0 Å². The first-order chi connectivity index (χ1) is 20.3. The molecule has 6 N–H and O–H groups in total. The molecule has 1 saturated carbocycles. The molecule has 1 aliphatic heterocycles. The number of pyridine rings is 1. The third kappa shape index (κ3) is 9.08. The Bertz CT molecular complexity index is 1700. The topological polar surface area (TPSA) is 196 Å². The molecule has 0 bridgehead atoms. The van der Waals surface area contributed by atoms with Crippen molar-refractivity contribution in [2.24, 2.45) is 11.7 Å². The number of halogens is 1. The van der Waals surface area contributed by atoms with E-state index in [0.717, 1.165) is 65.7 Å². The van der Waals surface area contributed by atoms with E-state index in [2.05, 4.69) is 36.1 Å². The largest absolute Gasteiger partial charge is 0.368 e. The van der Waals surface area contributed by atoms with Gasteiger partial charge in [-0.3, -0.25) is 13.9 Å². The summed E-state index contributed by atoms with van der Waals surface area (Å²) in [6.45, 7) is 1.78. The molecule has 0 spiro atoms. The lowest BCUT2D eigenvalue weighted by Gasteiger charge is -2.33. The van der Waals surface area contributed by atoms with Gasteiger partial charge in [0.2, 0.25) is 5.91 Å². The van der Waals surface area contributed by atoms with Crippen LogP contribution in [0.15, 0.2) is 87.3 Å². The first-order valence-corrected chi connectivity index (χ1v) is 17.0. The lowest BCUT2D eigenvalue weighted by atomic mass is 10.1. The summed E-state index contributed by atoms with van der Waals surface area (Å²) >= 11 is 3.63. The fourth-order valence-electron chi connectivity index (χ4n) is 4.44. The lowest BCUT2D eigenvalue weighted by Crippen LogP contribution is -2.43. The minimum atomic E-state index is -4.00. The number of aromatic amines is 1. The van der Waals surface area contributed by atoms with Crippen molar-refractivity contribution in [1.29, 1.82) is 0 Å². The van der Waals surface area contributed by atoms with Gasteiger partial charge in [-0.25, -0.2) is 4.98 Å². The molecule has 12 nitrogen and oxygen atoms in total. The fourth-order valence-corrected chi connectivity index (χ4v) is 6.00. The summed E-state index contributed by atoms with van der Waals surface area (Å²) in [5.41, 5.74) is 8.81. The number of hydrogen-bond donors (Lipinski definition) is 5. The Morgan fingerprint density at radius 3 is 1.98 bits per heavy atom. The van der Waals surface area contributed by atoms with Gasteiger partial charge >= 0.3 is 0 Å². The second kappa shape index (κ2) is 14.0. The summed E-state index contributed by atoms with van der Waals surface area (Å²) in [5, 5.41) is 4.02. The van der Waals surface area contributed by atoms with Crippen LogP contribution >= 0.6 is 15.9 Å². The summed E-state index contributed by atoms with van der Waals surface area (Å²) in [6.07, 6.45) is 7.75. The minimum Gasteiger partial charge on any atom is -0.368 e. The number of aromatic nitrogens is 2. The van der Waals surface area contributed by atoms with Gasteiger partial charge in [-0.1, -0.05) is 36.4 Å². The normalized spacial score (nSPS) is 16.8. The maximum Gasteiger partial charge on any atom is 0.294 e. The van der Waals surface area contributed by atoms with E-state index in [4.69, 9.17) is 14.8 Å². The standard InChI is InChI=1S/C16H20BrN5O.2C6H6O3S/c17-11-6-19-15-13(14(11)22-5-1-2-10(18)8-22)12(7-20-15)21-16(23)9-3-4-9;2*7-10(8,9)6-4-2-1-3-5-6/h6-7,9-10H,1-5,8,18H2,(H,19,20)(H,21,23);2*1-5H,(H,7,8,9)/t10-;;/m1../s1. The summed E-state index contributed by atoms with van der Waals surface area (Å²) in [5.74, 6) is 0.277. The van der Waals surface area contributed by atoms with Gasteiger partial charge in [0.1, 0.15) is 5.65 Å². The number of amides is 1. The Morgan fingerprint density at radius 1 is 0.953 bits per heavy atom. The highest BCUT2D eigenvalue weighted by atomic mass is 79.9. The maximum absolute atomic E-state index is 12.2. The van der Waals surface area contributed by atoms with E-state index in [1.54, 1.807) is 42.6 Å². The zero-order valence-corrected chi connectivity index (χ0v) is 26.1. The Kier molecular flexibility index (Phi) is 10.6. The van der Waals surface area contributed by atoms with Crippen LogP contribution in [0.3, 0.4) is 0 Å². The van der Waals surface area contributed by atoms with Gasteiger partial charge in [0.15, 0.2) is 0 Å². The third-order valence-corrected chi connectivity index (χ3v) is 9.01. The van der Waals surface area contributed by atoms with E-state index in [1.165, 1.54) is 24.3 Å². The molecular formula is C28H32BrN5O7S2. The number of fused-ring (bicyclic) bond motifs is 1. The second-order valence-electron chi connectivity index (χ2n) is 10.1. The van der Waals surface area contributed by atoms with Crippen LogP contribution in [0, 0.1) is 5.92 Å². The molecule has 0 radical (unpaired) electrons. The Morgan fingerprint density at radius 2 is 1.51 bits per heavy atom. The van der Waals surface area contributed by atoms with E-state index in [0.29, 0.717) is 0 Å². The van der Waals surface area contributed by atoms with E-state index in [-0.39, 0.29) is 27.7 Å². The van der Waals surface area contributed by atoms with Crippen molar-refractivity contribution in [1.82, 2.24) is 9.97 Å². The highest BCUT2D eigenvalue weighted by Crippen LogP contribution is 2.39. The molecule has 1 atom stereocenters. The van der Waals surface area contributed by atoms with Crippen molar-refractivity contribution in [3.05, 3.63) is 77.5 Å². The van der Waals surface area contributed by atoms with Crippen LogP contribution in [0.2, 0.25) is 0 Å². The number of carbonyl (C=O) groups excluding carboxylic acids is 1. The monoisotopic (exact) mass is 693 g/mol. The molecule has 2 fully saturated rings. The van der Waals surface area contributed by atoms with Gasteiger partial charge < -0.3 is 20.9 Å². The molecule has 1 amide bonds. The van der Waals surface area contributed by atoms with E-state index < -0.39 is 20.2 Å². The Labute approximate surface area is 258 Å². The molecular weight excluding hydrogens is 662 g/mol. The van der Waals surface area contributed by atoms with Gasteiger partial charge in [0.25, 0.3) is 20.2 Å². The Hall–Kier alpha value is -3.34. The van der Waals surface area contributed by atoms with Crippen LogP contribution in [-0.2, 0) is 25.0 Å². The average molecular weight is 695 g/mol. The molecule has 3 heterocycles. The predicted molar refractivity (Wildman–Crippen MR) is 167 cm³/mol. The van der Waals surface area contributed by atoms with Crippen LogP contribution in [0.5, 0.6) is 0 Å². The van der Waals surface area contributed by atoms with E-state index >= 15 is 0 Å². The van der Waals surface area contributed by atoms with Gasteiger partial charge in [0, 0.05) is 37.4 Å². The quantitative estimate of drug-likeness (QED) is 0.186. The SMILES string of the molecule is N[C@@H]1CCCN(c2c(Br)cnc3[nH]cc(NC(=O)C4CC4)c23)C1.O=S(=O)(O)c1ccccc1.O=S(=O)(O)c1ccccc1. The van der Waals surface area contributed by atoms with Gasteiger partial charge in [-0.05, 0) is 65.9 Å². The van der Waals surface area contributed by atoms with Crippen molar-refractivity contribution >= 4 is 64.5 Å². The number of H-pyrrole nitrogens is 1. The zero-order valence-electron chi connectivity index (χ0n) is 22.9. The summed E-state index contributed by atoms with van der Waals surface area (Å²) in [7, 11) is -8.01.